The summed E-state index contributed by atoms with van der Waals surface area (Å²) in [6.07, 6.45) is 2.36. The summed E-state index contributed by atoms with van der Waals surface area (Å²) >= 11 is 0. The lowest BCUT2D eigenvalue weighted by atomic mass is 10.2. The van der Waals surface area contributed by atoms with Gasteiger partial charge in [0.1, 0.15) is 5.75 Å². The zero-order valence-corrected chi connectivity index (χ0v) is 15.4. The molecule has 3 rings (SSSR count). The van der Waals surface area contributed by atoms with Crippen LogP contribution in [0.25, 0.3) is 0 Å². The lowest BCUT2D eigenvalue weighted by Gasteiger charge is -2.06. The molecule has 28 heavy (non-hydrogen) atoms. The van der Waals surface area contributed by atoms with Gasteiger partial charge in [-0.2, -0.15) is 5.10 Å². The number of amides is 2. The minimum absolute atomic E-state index is 0.180. The van der Waals surface area contributed by atoms with E-state index < -0.39 is 11.8 Å². The van der Waals surface area contributed by atoms with Crippen molar-refractivity contribution >= 4 is 18.0 Å². The molecule has 8 heteroatoms. The van der Waals surface area contributed by atoms with E-state index in [1.54, 1.807) is 24.3 Å². The van der Waals surface area contributed by atoms with Crippen molar-refractivity contribution in [3.05, 3.63) is 53.6 Å². The van der Waals surface area contributed by atoms with Crippen LogP contribution in [-0.2, 0) is 16.1 Å². The molecule has 0 saturated carbocycles. The SMILES string of the molecule is CCCOc1cccc(/C=N\NC(=O)C(=O)NCc2ccc3c(c2)OCO3)c1. The first-order chi connectivity index (χ1) is 13.7. The van der Waals surface area contributed by atoms with Crippen LogP contribution in [0.2, 0.25) is 0 Å². The van der Waals surface area contributed by atoms with E-state index in [9.17, 15) is 9.59 Å². The first kappa shape index (κ1) is 19.2. The molecule has 0 aromatic heterocycles. The van der Waals surface area contributed by atoms with Crippen LogP contribution in [0.3, 0.4) is 0 Å². The van der Waals surface area contributed by atoms with E-state index in [4.69, 9.17) is 14.2 Å². The number of nitrogens with one attached hydrogen (secondary N) is 2. The maximum atomic E-state index is 11.9. The number of rotatable bonds is 7. The van der Waals surface area contributed by atoms with Gasteiger partial charge in [0.05, 0.1) is 12.8 Å². The van der Waals surface area contributed by atoms with Crippen LogP contribution in [0, 0.1) is 0 Å². The Labute approximate surface area is 162 Å². The van der Waals surface area contributed by atoms with Crippen LogP contribution in [-0.4, -0.2) is 31.4 Å². The maximum absolute atomic E-state index is 11.9. The number of benzene rings is 2. The maximum Gasteiger partial charge on any atom is 0.329 e. The molecule has 0 atom stereocenters. The van der Waals surface area contributed by atoms with Crippen molar-refractivity contribution in [1.29, 1.82) is 0 Å². The predicted molar refractivity (Wildman–Crippen MR) is 102 cm³/mol. The summed E-state index contributed by atoms with van der Waals surface area (Å²) in [4.78, 5) is 23.7. The predicted octanol–water partition coefficient (Wildman–Crippen LogP) is 1.97. The summed E-state index contributed by atoms with van der Waals surface area (Å²) in [5.41, 5.74) is 3.74. The van der Waals surface area contributed by atoms with Crippen molar-refractivity contribution in [2.75, 3.05) is 13.4 Å². The minimum atomic E-state index is -0.851. The zero-order chi connectivity index (χ0) is 19.8. The quantitative estimate of drug-likeness (QED) is 0.433. The fraction of sp³-hybridized carbons (Fsp3) is 0.250. The van der Waals surface area contributed by atoms with Gasteiger partial charge < -0.3 is 19.5 Å². The van der Waals surface area contributed by atoms with Crippen LogP contribution in [0.15, 0.2) is 47.6 Å². The van der Waals surface area contributed by atoms with E-state index in [1.807, 2.05) is 25.1 Å². The van der Waals surface area contributed by atoms with Crippen LogP contribution in [0.1, 0.15) is 24.5 Å². The van der Waals surface area contributed by atoms with Crippen LogP contribution in [0.4, 0.5) is 0 Å². The summed E-state index contributed by atoms with van der Waals surface area (Å²) in [5, 5.41) is 6.34. The Kier molecular flexibility index (Phi) is 6.46. The number of nitrogens with zero attached hydrogens (tertiary/aromatic N) is 1. The molecule has 2 amide bonds. The first-order valence-corrected chi connectivity index (χ1v) is 8.88. The lowest BCUT2D eigenvalue weighted by Crippen LogP contribution is -2.37. The summed E-state index contributed by atoms with van der Waals surface area (Å²) in [7, 11) is 0. The second-order valence-electron chi connectivity index (χ2n) is 5.99. The molecular formula is C20H21N3O5. The van der Waals surface area contributed by atoms with Crippen molar-refractivity contribution in [1.82, 2.24) is 10.7 Å². The van der Waals surface area contributed by atoms with E-state index in [1.165, 1.54) is 6.21 Å². The fourth-order valence-electron chi connectivity index (χ4n) is 2.43. The highest BCUT2D eigenvalue weighted by Crippen LogP contribution is 2.32. The number of fused-ring (bicyclic) bond motifs is 1. The van der Waals surface area contributed by atoms with Crippen LogP contribution < -0.4 is 25.0 Å². The van der Waals surface area contributed by atoms with E-state index in [0.717, 1.165) is 23.3 Å². The van der Waals surface area contributed by atoms with Gasteiger partial charge in [-0.1, -0.05) is 25.1 Å². The van der Waals surface area contributed by atoms with Crippen molar-refractivity contribution in [2.45, 2.75) is 19.9 Å². The number of ether oxygens (including phenoxy) is 3. The average molecular weight is 383 g/mol. The van der Waals surface area contributed by atoms with E-state index >= 15 is 0 Å². The average Bonchev–Trinajstić information content (AvgIpc) is 3.18. The first-order valence-electron chi connectivity index (χ1n) is 8.88. The topological polar surface area (TPSA) is 98.2 Å². The van der Waals surface area contributed by atoms with Crippen LogP contribution >= 0.6 is 0 Å². The van der Waals surface area contributed by atoms with Gasteiger partial charge in [0.2, 0.25) is 6.79 Å². The number of hydrogen-bond donors (Lipinski definition) is 2. The lowest BCUT2D eigenvalue weighted by molar-refractivity contribution is -0.139. The Bertz CT molecular complexity index is 882. The van der Waals surface area contributed by atoms with Gasteiger partial charge in [-0.15, -0.1) is 0 Å². The van der Waals surface area contributed by atoms with Crippen molar-refractivity contribution < 1.29 is 23.8 Å². The Morgan fingerprint density at radius 3 is 2.86 bits per heavy atom. The van der Waals surface area contributed by atoms with Crippen molar-refractivity contribution in [2.24, 2.45) is 5.10 Å². The third-order valence-corrected chi connectivity index (χ3v) is 3.81. The number of carbonyl (C=O) groups is 2. The highest BCUT2D eigenvalue weighted by atomic mass is 16.7. The fourth-order valence-corrected chi connectivity index (χ4v) is 2.43. The molecule has 1 aliphatic rings. The van der Waals surface area contributed by atoms with Crippen LogP contribution in [0.5, 0.6) is 17.2 Å². The van der Waals surface area contributed by atoms with E-state index in [0.29, 0.717) is 18.1 Å². The third-order valence-electron chi connectivity index (χ3n) is 3.81. The van der Waals surface area contributed by atoms with E-state index in [-0.39, 0.29) is 13.3 Å². The Morgan fingerprint density at radius 2 is 2.00 bits per heavy atom. The second kappa shape index (κ2) is 9.40. The Morgan fingerprint density at radius 1 is 1.14 bits per heavy atom. The largest absolute Gasteiger partial charge is 0.494 e. The highest BCUT2D eigenvalue weighted by Gasteiger charge is 2.15. The minimum Gasteiger partial charge on any atom is -0.494 e. The molecule has 0 unspecified atom stereocenters. The molecule has 0 bridgehead atoms. The molecule has 0 fully saturated rings. The van der Waals surface area contributed by atoms with Gasteiger partial charge in [0, 0.05) is 6.54 Å². The number of hydrazone groups is 1. The van der Waals surface area contributed by atoms with Gasteiger partial charge >= 0.3 is 11.8 Å². The van der Waals surface area contributed by atoms with Gasteiger partial charge in [-0.3, -0.25) is 9.59 Å². The zero-order valence-electron chi connectivity index (χ0n) is 15.4. The summed E-state index contributed by atoms with van der Waals surface area (Å²) in [6, 6.07) is 12.6. The van der Waals surface area contributed by atoms with Gasteiger partial charge in [0.15, 0.2) is 11.5 Å². The van der Waals surface area contributed by atoms with Crippen molar-refractivity contribution in [3.8, 4) is 17.2 Å². The van der Waals surface area contributed by atoms with Gasteiger partial charge in [-0.05, 0) is 41.8 Å². The molecule has 2 aromatic rings. The molecule has 1 aliphatic heterocycles. The molecule has 0 spiro atoms. The molecule has 0 aliphatic carbocycles. The third kappa shape index (κ3) is 5.23. The highest BCUT2D eigenvalue weighted by molar-refractivity contribution is 6.35. The molecular weight excluding hydrogens is 362 g/mol. The molecule has 0 saturated heterocycles. The number of hydrogen-bond acceptors (Lipinski definition) is 6. The molecule has 1 heterocycles. The second-order valence-corrected chi connectivity index (χ2v) is 5.99. The smallest absolute Gasteiger partial charge is 0.329 e. The summed E-state index contributed by atoms with van der Waals surface area (Å²) < 4.78 is 16.0. The monoisotopic (exact) mass is 383 g/mol. The molecule has 2 aromatic carbocycles. The Balaban J connectivity index is 1.46. The normalized spacial score (nSPS) is 12.0. The molecule has 8 nitrogen and oxygen atoms in total. The Hall–Kier alpha value is -3.55. The molecule has 2 N–H and O–H groups in total. The standard InChI is InChI=1S/C20H21N3O5/c1-2-8-26-16-5-3-4-14(9-16)12-22-23-20(25)19(24)21-11-15-6-7-17-18(10-15)28-13-27-17/h3-7,9-10,12H,2,8,11,13H2,1H3,(H,21,24)(H,23,25)/b22-12-. The van der Waals surface area contributed by atoms with Gasteiger partial charge in [-0.25, -0.2) is 5.43 Å². The number of carbonyl (C=O) groups excluding carboxylic acids is 2. The van der Waals surface area contributed by atoms with E-state index in [2.05, 4.69) is 15.8 Å². The van der Waals surface area contributed by atoms with Crippen molar-refractivity contribution in [3.63, 3.8) is 0 Å². The summed E-state index contributed by atoms with van der Waals surface area (Å²) in [6.45, 7) is 3.02. The summed E-state index contributed by atoms with van der Waals surface area (Å²) in [5.74, 6) is 0.362. The molecule has 0 radical (unpaired) electrons. The molecule has 146 valence electrons. The van der Waals surface area contributed by atoms with Gasteiger partial charge in [0.25, 0.3) is 0 Å².